The first kappa shape index (κ1) is 24.3. The lowest BCUT2D eigenvalue weighted by molar-refractivity contribution is -0.128. The fourth-order valence-electron chi connectivity index (χ4n) is 4.13. The number of rotatable bonds is 9. The highest BCUT2D eigenvalue weighted by molar-refractivity contribution is 7.89. The fraction of sp³-hybridized carbons (Fsp3) is 0.417. The number of carbonyl (C=O) groups excluding carboxylic acids is 2. The summed E-state index contributed by atoms with van der Waals surface area (Å²) < 4.78 is 46.0. The third-order valence-corrected chi connectivity index (χ3v) is 7.57. The van der Waals surface area contributed by atoms with Crippen molar-refractivity contribution in [3.8, 4) is 0 Å². The molecule has 10 heteroatoms. The molecular weight excluding hydrogens is 461 g/mol. The van der Waals surface area contributed by atoms with Gasteiger partial charge in [-0.1, -0.05) is 12.1 Å². The van der Waals surface area contributed by atoms with Crippen molar-refractivity contribution < 1.29 is 27.1 Å². The van der Waals surface area contributed by atoms with Gasteiger partial charge in [0.05, 0.1) is 16.9 Å². The SMILES string of the molecule is O=C(Nc1ccc(S(=O)(=O)NC[C@@H]2CCCO2)cc1)[C@@H]1CC(=O)N(CCc2ccc(F)cc2)C1. The van der Waals surface area contributed by atoms with Crippen molar-refractivity contribution in [3.63, 3.8) is 0 Å². The molecule has 2 atom stereocenters. The van der Waals surface area contributed by atoms with Gasteiger partial charge in [0.1, 0.15) is 5.82 Å². The Morgan fingerprint density at radius 2 is 1.85 bits per heavy atom. The second kappa shape index (κ2) is 10.6. The number of nitrogens with one attached hydrogen (secondary N) is 2. The van der Waals surface area contributed by atoms with E-state index in [0.717, 1.165) is 18.4 Å². The van der Waals surface area contributed by atoms with Gasteiger partial charge in [-0.3, -0.25) is 9.59 Å². The Morgan fingerprint density at radius 3 is 2.53 bits per heavy atom. The van der Waals surface area contributed by atoms with Gasteiger partial charge in [0.2, 0.25) is 21.8 Å². The Balaban J connectivity index is 1.27. The number of nitrogens with zero attached hydrogens (tertiary/aromatic N) is 1. The monoisotopic (exact) mass is 489 g/mol. The van der Waals surface area contributed by atoms with Gasteiger partial charge < -0.3 is 15.0 Å². The van der Waals surface area contributed by atoms with Gasteiger partial charge in [-0.15, -0.1) is 0 Å². The van der Waals surface area contributed by atoms with E-state index in [1.807, 2.05) is 0 Å². The normalized spacial score (nSPS) is 20.6. The highest BCUT2D eigenvalue weighted by Gasteiger charge is 2.34. The molecule has 2 fully saturated rings. The lowest BCUT2D eigenvalue weighted by Gasteiger charge is -2.16. The third kappa shape index (κ3) is 6.19. The van der Waals surface area contributed by atoms with Crippen molar-refractivity contribution in [3.05, 3.63) is 59.9 Å². The van der Waals surface area contributed by atoms with Crippen LogP contribution >= 0.6 is 0 Å². The molecule has 4 rings (SSSR count). The topological polar surface area (TPSA) is 105 Å². The van der Waals surface area contributed by atoms with E-state index in [1.54, 1.807) is 17.0 Å². The zero-order valence-corrected chi connectivity index (χ0v) is 19.5. The summed E-state index contributed by atoms with van der Waals surface area (Å²) in [5.74, 6) is -1.18. The maximum Gasteiger partial charge on any atom is 0.240 e. The molecule has 2 saturated heterocycles. The molecule has 2 amide bonds. The Bertz CT molecular complexity index is 1120. The van der Waals surface area contributed by atoms with Gasteiger partial charge in [0.25, 0.3) is 0 Å². The van der Waals surface area contributed by atoms with Crippen LogP contribution in [-0.2, 0) is 30.8 Å². The smallest absolute Gasteiger partial charge is 0.240 e. The van der Waals surface area contributed by atoms with Crippen LogP contribution in [0, 0.1) is 11.7 Å². The summed E-state index contributed by atoms with van der Waals surface area (Å²) in [6.45, 7) is 1.65. The first-order chi connectivity index (χ1) is 16.3. The summed E-state index contributed by atoms with van der Waals surface area (Å²) >= 11 is 0. The van der Waals surface area contributed by atoms with E-state index in [9.17, 15) is 22.4 Å². The molecular formula is C24H28FN3O5S. The zero-order valence-electron chi connectivity index (χ0n) is 18.7. The van der Waals surface area contributed by atoms with Crippen LogP contribution in [0.2, 0.25) is 0 Å². The third-order valence-electron chi connectivity index (χ3n) is 6.13. The van der Waals surface area contributed by atoms with E-state index in [2.05, 4.69) is 10.0 Å². The van der Waals surface area contributed by atoms with Gasteiger partial charge in [-0.25, -0.2) is 17.5 Å². The van der Waals surface area contributed by atoms with E-state index in [0.29, 0.717) is 31.8 Å². The zero-order chi connectivity index (χ0) is 24.1. The summed E-state index contributed by atoms with van der Waals surface area (Å²) in [6, 6.07) is 12.1. The van der Waals surface area contributed by atoms with Gasteiger partial charge in [0, 0.05) is 38.3 Å². The number of hydrogen-bond donors (Lipinski definition) is 2. The van der Waals surface area contributed by atoms with Gasteiger partial charge >= 0.3 is 0 Å². The Kier molecular flexibility index (Phi) is 7.60. The molecule has 0 spiro atoms. The maximum absolute atomic E-state index is 13.0. The number of likely N-dealkylation sites (tertiary alicyclic amines) is 1. The Labute approximate surface area is 198 Å². The largest absolute Gasteiger partial charge is 0.377 e. The summed E-state index contributed by atoms with van der Waals surface area (Å²) in [7, 11) is -3.67. The van der Waals surface area contributed by atoms with Crippen molar-refractivity contribution in [1.29, 1.82) is 0 Å². The fourth-order valence-corrected chi connectivity index (χ4v) is 5.20. The number of benzene rings is 2. The van der Waals surface area contributed by atoms with Crippen LogP contribution in [-0.4, -0.2) is 57.5 Å². The average Bonchev–Trinajstić information content (AvgIpc) is 3.48. The summed E-state index contributed by atoms with van der Waals surface area (Å²) in [5, 5.41) is 2.77. The molecule has 2 aliphatic heterocycles. The minimum absolute atomic E-state index is 0.0963. The number of sulfonamides is 1. The predicted molar refractivity (Wildman–Crippen MR) is 124 cm³/mol. The Hall–Kier alpha value is -2.82. The molecule has 2 heterocycles. The predicted octanol–water partition coefficient (Wildman–Crippen LogP) is 2.31. The lowest BCUT2D eigenvalue weighted by Crippen LogP contribution is -2.31. The van der Waals surface area contributed by atoms with Crippen LogP contribution in [0.4, 0.5) is 10.1 Å². The molecule has 2 aliphatic rings. The number of halogens is 1. The van der Waals surface area contributed by atoms with E-state index in [4.69, 9.17) is 4.74 Å². The first-order valence-electron chi connectivity index (χ1n) is 11.3. The molecule has 0 unspecified atom stereocenters. The van der Waals surface area contributed by atoms with Crippen LogP contribution in [0.1, 0.15) is 24.8 Å². The second-order valence-corrected chi connectivity index (χ2v) is 10.4. The van der Waals surface area contributed by atoms with Crippen molar-refractivity contribution in [2.24, 2.45) is 5.92 Å². The molecule has 0 aliphatic carbocycles. The van der Waals surface area contributed by atoms with Crippen LogP contribution in [0.25, 0.3) is 0 Å². The van der Waals surface area contributed by atoms with E-state index in [-0.39, 0.29) is 41.6 Å². The molecule has 2 aromatic carbocycles. The molecule has 0 saturated carbocycles. The van der Waals surface area contributed by atoms with Crippen LogP contribution in [0.5, 0.6) is 0 Å². The number of hydrogen-bond acceptors (Lipinski definition) is 5. The number of anilines is 1. The summed E-state index contributed by atoms with van der Waals surface area (Å²) in [6.07, 6.45) is 2.37. The van der Waals surface area contributed by atoms with Crippen molar-refractivity contribution in [1.82, 2.24) is 9.62 Å². The maximum atomic E-state index is 13.0. The Morgan fingerprint density at radius 1 is 1.12 bits per heavy atom. The minimum atomic E-state index is -3.67. The van der Waals surface area contributed by atoms with Crippen molar-refractivity contribution >= 4 is 27.5 Å². The number of ether oxygens (including phenoxy) is 1. The molecule has 34 heavy (non-hydrogen) atoms. The second-order valence-electron chi connectivity index (χ2n) is 8.62. The standard InChI is InChI=1S/C24H28FN3O5S/c25-19-5-3-17(4-6-19)11-12-28-16-18(14-23(28)29)24(30)27-20-7-9-22(10-8-20)34(31,32)26-15-21-2-1-13-33-21/h3-10,18,21,26H,1-2,11-16H2,(H,27,30)/t18-,21+/m1/s1. The highest BCUT2D eigenvalue weighted by atomic mass is 32.2. The van der Waals surface area contributed by atoms with E-state index in [1.165, 1.54) is 36.4 Å². The van der Waals surface area contributed by atoms with Crippen molar-refractivity contribution in [2.45, 2.75) is 36.7 Å². The minimum Gasteiger partial charge on any atom is -0.377 e. The molecule has 182 valence electrons. The van der Waals surface area contributed by atoms with Crippen LogP contribution in [0.3, 0.4) is 0 Å². The molecule has 0 bridgehead atoms. The summed E-state index contributed by atoms with van der Waals surface area (Å²) in [4.78, 5) is 26.8. The quantitative estimate of drug-likeness (QED) is 0.563. The molecule has 2 aromatic rings. The molecule has 2 N–H and O–H groups in total. The van der Waals surface area contributed by atoms with Gasteiger partial charge in [0.15, 0.2) is 0 Å². The van der Waals surface area contributed by atoms with E-state index >= 15 is 0 Å². The van der Waals surface area contributed by atoms with Crippen molar-refractivity contribution in [2.75, 3.05) is 31.6 Å². The van der Waals surface area contributed by atoms with E-state index < -0.39 is 15.9 Å². The van der Waals surface area contributed by atoms with Gasteiger partial charge in [-0.2, -0.15) is 0 Å². The van der Waals surface area contributed by atoms with Gasteiger partial charge in [-0.05, 0) is 61.2 Å². The number of carbonyl (C=O) groups is 2. The van der Waals surface area contributed by atoms with Crippen LogP contribution < -0.4 is 10.0 Å². The highest BCUT2D eigenvalue weighted by Crippen LogP contribution is 2.22. The van der Waals surface area contributed by atoms with Crippen LogP contribution in [0.15, 0.2) is 53.4 Å². The summed E-state index contributed by atoms with van der Waals surface area (Å²) in [5.41, 5.74) is 1.38. The molecule has 0 radical (unpaired) electrons. The number of amides is 2. The molecule has 0 aromatic heterocycles. The molecule has 8 nitrogen and oxygen atoms in total. The lowest BCUT2D eigenvalue weighted by atomic mass is 10.1. The average molecular weight is 490 g/mol. The first-order valence-corrected chi connectivity index (χ1v) is 12.8.